The second kappa shape index (κ2) is 5.30. The van der Waals surface area contributed by atoms with Crippen LogP contribution in [0.3, 0.4) is 0 Å². The molecule has 0 unspecified atom stereocenters. The fourth-order valence-electron chi connectivity index (χ4n) is 1.32. The van der Waals surface area contributed by atoms with Gasteiger partial charge in [-0.15, -0.1) is 0 Å². The number of para-hydroxylation sites is 1. The van der Waals surface area contributed by atoms with Gasteiger partial charge in [0, 0.05) is 13.1 Å². The number of hydrogen-bond acceptors (Lipinski definition) is 3. The first kappa shape index (κ1) is 11.4. The van der Waals surface area contributed by atoms with Gasteiger partial charge in [-0.3, -0.25) is 4.79 Å². The first-order chi connectivity index (χ1) is 7.75. The van der Waals surface area contributed by atoms with E-state index in [1.54, 1.807) is 12.1 Å². The second-order valence-electron chi connectivity index (χ2n) is 3.62. The van der Waals surface area contributed by atoms with Gasteiger partial charge in [-0.25, -0.2) is 0 Å². The molecule has 0 spiro atoms. The number of carbonyl (C=O) groups excluding carboxylic acids is 1. The number of rotatable bonds is 4. The number of hydrogen-bond donors (Lipinski definition) is 2. The molecule has 0 bridgehead atoms. The summed E-state index contributed by atoms with van der Waals surface area (Å²) in [6.45, 7) is 1.70. The monoisotopic (exact) mass is 240 g/mol. The Kier molecular flexibility index (Phi) is 3.77. The SMILES string of the molecule is O=C(COC1CNC1)Nc1ccccc1Cl. The summed E-state index contributed by atoms with van der Waals surface area (Å²) >= 11 is 5.90. The van der Waals surface area contributed by atoms with E-state index in [2.05, 4.69) is 10.6 Å². The number of carbonyl (C=O) groups is 1. The van der Waals surface area contributed by atoms with E-state index < -0.39 is 0 Å². The van der Waals surface area contributed by atoms with Crippen molar-refractivity contribution in [3.05, 3.63) is 29.3 Å². The summed E-state index contributed by atoms with van der Waals surface area (Å²) in [6, 6.07) is 7.12. The lowest BCUT2D eigenvalue weighted by atomic mass is 10.2. The molecule has 86 valence electrons. The van der Waals surface area contributed by atoms with Crippen molar-refractivity contribution in [2.24, 2.45) is 0 Å². The van der Waals surface area contributed by atoms with Crippen LogP contribution in [-0.4, -0.2) is 31.7 Å². The van der Waals surface area contributed by atoms with Gasteiger partial charge in [-0.05, 0) is 12.1 Å². The smallest absolute Gasteiger partial charge is 0.250 e. The fourth-order valence-corrected chi connectivity index (χ4v) is 1.51. The van der Waals surface area contributed by atoms with Crippen LogP contribution in [-0.2, 0) is 9.53 Å². The van der Waals surface area contributed by atoms with E-state index in [0.29, 0.717) is 10.7 Å². The second-order valence-corrected chi connectivity index (χ2v) is 4.03. The van der Waals surface area contributed by atoms with Crippen LogP contribution in [0.15, 0.2) is 24.3 Å². The summed E-state index contributed by atoms with van der Waals surface area (Å²) in [5, 5.41) is 6.29. The predicted octanol–water partition coefficient (Wildman–Crippen LogP) is 1.27. The Morgan fingerprint density at radius 2 is 2.25 bits per heavy atom. The van der Waals surface area contributed by atoms with Gasteiger partial charge in [0.1, 0.15) is 6.61 Å². The Labute approximate surface area is 98.9 Å². The predicted molar refractivity (Wildman–Crippen MR) is 62.7 cm³/mol. The van der Waals surface area contributed by atoms with Crippen molar-refractivity contribution in [3.63, 3.8) is 0 Å². The van der Waals surface area contributed by atoms with Gasteiger partial charge in [0.15, 0.2) is 0 Å². The fraction of sp³-hybridized carbons (Fsp3) is 0.364. The highest BCUT2D eigenvalue weighted by molar-refractivity contribution is 6.33. The van der Waals surface area contributed by atoms with Crippen molar-refractivity contribution in [3.8, 4) is 0 Å². The number of benzene rings is 1. The van der Waals surface area contributed by atoms with E-state index in [4.69, 9.17) is 16.3 Å². The summed E-state index contributed by atoms with van der Waals surface area (Å²) < 4.78 is 5.33. The minimum absolute atomic E-state index is 0.0670. The molecule has 1 heterocycles. The summed E-state index contributed by atoms with van der Waals surface area (Å²) in [7, 11) is 0. The maximum atomic E-state index is 11.5. The van der Waals surface area contributed by atoms with Crippen LogP contribution < -0.4 is 10.6 Å². The highest BCUT2D eigenvalue weighted by Gasteiger charge is 2.18. The molecule has 2 rings (SSSR count). The van der Waals surface area contributed by atoms with Gasteiger partial charge in [0.2, 0.25) is 5.91 Å². The Bertz CT molecular complexity index is 380. The lowest BCUT2D eigenvalue weighted by molar-refractivity contribution is -0.123. The van der Waals surface area contributed by atoms with E-state index in [0.717, 1.165) is 13.1 Å². The summed E-state index contributed by atoms with van der Waals surface area (Å²) in [6.07, 6.45) is 0.164. The first-order valence-corrected chi connectivity index (χ1v) is 5.50. The Hall–Kier alpha value is -1.10. The molecule has 0 saturated carbocycles. The van der Waals surface area contributed by atoms with Crippen LogP contribution >= 0.6 is 11.6 Å². The molecule has 2 N–H and O–H groups in total. The van der Waals surface area contributed by atoms with Crippen LogP contribution in [0.2, 0.25) is 5.02 Å². The van der Waals surface area contributed by atoms with Crippen LogP contribution in [0.1, 0.15) is 0 Å². The molecule has 4 nitrogen and oxygen atoms in total. The van der Waals surface area contributed by atoms with Crippen LogP contribution in [0.4, 0.5) is 5.69 Å². The zero-order valence-corrected chi connectivity index (χ0v) is 9.46. The molecule has 1 saturated heterocycles. The summed E-state index contributed by atoms with van der Waals surface area (Å²) in [4.78, 5) is 11.5. The van der Waals surface area contributed by atoms with Crippen molar-refractivity contribution >= 4 is 23.2 Å². The average Bonchev–Trinajstić information content (AvgIpc) is 2.19. The van der Waals surface area contributed by atoms with E-state index >= 15 is 0 Å². The molecule has 1 amide bonds. The van der Waals surface area contributed by atoms with Crippen LogP contribution in [0, 0.1) is 0 Å². The van der Waals surface area contributed by atoms with E-state index in [9.17, 15) is 4.79 Å². The summed E-state index contributed by atoms with van der Waals surface area (Å²) in [5.74, 6) is -0.181. The van der Waals surface area contributed by atoms with Crippen molar-refractivity contribution in [1.82, 2.24) is 5.32 Å². The third-order valence-electron chi connectivity index (χ3n) is 2.34. The molecule has 1 aliphatic rings. The molecule has 16 heavy (non-hydrogen) atoms. The molecular weight excluding hydrogens is 228 g/mol. The topological polar surface area (TPSA) is 50.4 Å². The van der Waals surface area contributed by atoms with E-state index in [-0.39, 0.29) is 18.6 Å². The standard InChI is InChI=1S/C11H13ClN2O2/c12-9-3-1-2-4-10(9)14-11(15)7-16-8-5-13-6-8/h1-4,8,13H,5-7H2,(H,14,15). The van der Waals surface area contributed by atoms with Crippen molar-refractivity contribution in [2.45, 2.75) is 6.10 Å². The number of anilines is 1. The number of ether oxygens (including phenoxy) is 1. The number of halogens is 1. The normalized spacial score (nSPS) is 15.6. The molecule has 0 aliphatic carbocycles. The van der Waals surface area contributed by atoms with Gasteiger partial charge >= 0.3 is 0 Å². The van der Waals surface area contributed by atoms with Crippen molar-refractivity contribution in [1.29, 1.82) is 0 Å². The third kappa shape index (κ3) is 2.95. The number of nitrogens with one attached hydrogen (secondary N) is 2. The summed E-state index contributed by atoms with van der Waals surface area (Å²) in [5.41, 5.74) is 0.615. The van der Waals surface area contributed by atoms with Gasteiger partial charge in [0.05, 0.1) is 16.8 Å². The average molecular weight is 241 g/mol. The molecule has 1 aromatic carbocycles. The van der Waals surface area contributed by atoms with Crippen LogP contribution in [0.25, 0.3) is 0 Å². The lowest BCUT2D eigenvalue weighted by Gasteiger charge is -2.26. The zero-order chi connectivity index (χ0) is 11.4. The quantitative estimate of drug-likeness (QED) is 0.833. The van der Waals surface area contributed by atoms with E-state index in [1.165, 1.54) is 0 Å². The largest absolute Gasteiger partial charge is 0.366 e. The van der Waals surface area contributed by atoms with E-state index in [1.807, 2.05) is 12.1 Å². The maximum Gasteiger partial charge on any atom is 0.250 e. The molecule has 1 fully saturated rings. The number of amides is 1. The minimum atomic E-state index is -0.181. The molecule has 0 atom stereocenters. The van der Waals surface area contributed by atoms with Crippen molar-refractivity contribution in [2.75, 3.05) is 25.0 Å². The van der Waals surface area contributed by atoms with Crippen LogP contribution in [0.5, 0.6) is 0 Å². The Balaban J connectivity index is 1.80. The van der Waals surface area contributed by atoms with Gasteiger partial charge in [-0.1, -0.05) is 23.7 Å². The molecule has 1 aliphatic heterocycles. The van der Waals surface area contributed by atoms with Gasteiger partial charge < -0.3 is 15.4 Å². The molecular formula is C11H13ClN2O2. The molecule has 5 heteroatoms. The minimum Gasteiger partial charge on any atom is -0.366 e. The Morgan fingerprint density at radius 3 is 2.88 bits per heavy atom. The zero-order valence-electron chi connectivity index (χ0n) is 8.70. The molecule has 1 aromatic rings. The maximum absolute atomic E-state index is 11.5. The molecule has 0 aromatic heterocycles. The van der Waals surface area contributed by atoms with Gasteiger partial charge in [-0.2, -0.15) is 0 Å². The first-order valence-electron chi connectivity index (χ1n) is 5.12. The highest BCUT2D eigenvalue weighted by atomic mass is 35.5. The lowest BCUT2D eigenvalue weighted by Crippen LogP contribution is -2.49. The Morgan fingerprint density at radius 1 is 1.50 bits per heavy atom. The molecule has 0 radical (unpaired) electrons. The third-order valence-corrected chi connectivity index (χ3v) is 2.67. The van der Waals surface area contributed by atoms with Crippen molar-refractivity contribution < 1.29 is 9.53 Å². The van der Waals surface area contributed by atoms with Gasteiger partial charge in [0.25, 0.3) is 0 Å². The highest BCUT2D eigenvalue weighted by Crippen LogP contribution is 2.20.